The number of nitrogens with zero attached hydrogens (tertiary/aromatic N) is 5. The van der Waals surface area contributed by atoms with E-state index in [9.17, 15) is 10.1 Å². The van der Waals surface area contributed by atoms with Crippen LogP contribution < -0.4 is 14.7 Å². The SMILES string of the molecule is CN(C)c1ccc(C2(c3ccc(N(C)C)cc3)OC(c3ccc([N+](=O)[O-])cc3)=Nc3cc(N(C)C)ccc32)cc1. The van der Waals surface area contributed by atoms with E-state index in [1.165, 1.54) is 12.1 Å². The third kappa shape index (κ3) is 4.73. The molecule has 0 aliphatic carbocycles. The molecular weight excluding hydrogens is 502 g/mol. The van der Waals surface area contributed by atoms with Crippen LogP contribution in [0.3, 0.4) is 0 Å². The van der Waals surface area contributed by atoms with Crippen molar-refractivity contribution in [2.24, 2.45) is 4.99 Å². The highest BCUT2D eigenvalue weighted by Crippen LogP contribution is 2.49. The minimum atomic E-state index is -1.02. The zero-order valence-corrected chi connectivity index (χ0v) is 23.6. The minimum absolute atomic E-state index is 0.0141. The molecule has 40 heavy (non-hydrogen) atoms. The molecule has 5 rings (SSSR count). The summed E-state index contributed by atoms with van der Waals surface area (Å²) in [6.07, 6.45) is 0. The van der Waals surface area contributed by atoms with Gasteiger partial charge in [-0.05, 0) is 48.5 Å². The quantitative estimate of drug-likeness (QED) is 0.207. The molecule has 0 fully saturated rings. The van der Waals surface area contributed by atoms with E-state index in [2.05, 4.69) is 76.5 Å². The predicted octanol–water partition coefficient (Wildman–Crippen LogP) is 6.19. The number of fused-ring (bicyclic) bond motifs is 1. The van der Waals surface area contributed by atoms with Gasteiger partial charge < -0.3 is 19.4 Å². The largest absolute Gasteiger partial charge is 0.456 e. The Labute approximate surface area is 234 Å². The second-order valence-electron chi connectivity index (χ2n) is 10.5. The highest BCUT2D eigenvalue weighted by molar-refractivity contribution is 5.98. The number of hydrogen-bond donors (Lipinski definition) is 0. The lowest BCUT2D eigenvalue weighted by Gasteiger charge is -2.40. The molecular formula is C32H33N5O3. The fourth-order valence-electron chi connectivity index (χ4n) is 4.95. The van der Waals surface area contributed by atoms with Gasteiger partial charge in [0.2, 0.25) is 5.90 Å². The summed E-state index contributed by atoms with van der Waals surface area (Å²) in [5, 5.41) is 11.3. The highest BCUT2D eigenvalue weighted by Gasteiger charge is 2.44. The van der Waals surface area contributed by atoms with Crippen molar-refractivity contribution < 1.29 is 9.66 Å². The van der Waals surface area contributed by atoms with Gasteiger partial charge in [0, 0.05) is 93.7 Å². The molecule has 204 valence electrons. The first-order valence-electron chi connectivity index (χ1n) is 13.0. The van der Waals surface area contributed by atoms with Gasteiger partial charge in [-0.2, -0.15) is 0 Å². The Hall–Kier alpha value is -4.85. The number of ether oxygens (including phenoxy) is 1. The van der Waals surface area contributed by atoms with E-state index in [0.717, 1.165) is 39.4 Å². The van der Waals surface area contributed by atoms with Gasteiger partial charge >= 0.3 is 0 Å². The van der Waals surface area contributed by atoms with Crippen LogP contribution >= 0.6 is 0 Å². The van der Waals surface area contributed by atoms with Crippen LogP contribution in [0.4, 0.5) is 28.4 Å². The van der Waals surface area contributed by atoms with Crippen LogP contribution in [0.5, 0.6) is 0 Å². The van der Waals surface area contributed by atoms with Crippen molar-refractivity contribution >= 4 is 34.3 Å². The summed E-state index contributed by atoms with van der Waals surface area (Å²) in [6, 6.07) is 29.3. The van der Waals surface area contributed by atoms with E-state index in [0.29, 0.717) is 11.5 Å². The van der Waals surface area contributed by atoms with Crippen molar-refractivity contribution in [3.63, 3.8) is 0 Å². The zero-order chi connectivity index (χ0) is 28.6. The standard InChI is InChI=1S/C32H33N5O3/c1-34(2)25-15-9-23(10-16-25)32(24-11-17-26(18-12-24)35(3)4)29-20-19-28(36(5)6)21-30(29)33-31(40-32)22-7-13-27(14-8-22)37(38)39/h7-21H,1-6H3. The minimum Gasteiger partial charge on any atom is -0.456 e. The Bertz CT molecular complexity index is 1510. The number of aliphatic imine (C=N–C) groups is 1. The molecule has 0 atom stereocenters. The molecule has 1 heterocycles. The molecule has 0 aromatic heterocycles. The van der Waals surface area contributed by atoms with Gasteiger partial charge in [0.25, 0.3) is 5.69 Å². The number of non-ortho nitro benzene ring substituents is 1. The number of anilines is 3. The van der Waals surface area contributed by atoms with Crippen LogP contribution in [0, 0.1) is 10.1 Å². The molecule has 0 bridgehead atoms. The fourth-order valence-corrected chi connectivity index (χ4v) is 4.95. The van der Waals surface area contributed by atoms with E-state index in [1.807, 2.05) is 47.2 Å². The van der Waals surface area contributed by atoms with E-state index in [4.69, 9.17) is 9.73 Å². The van der Waals surface area contributed by atoms with E-state index in [-0.39, 0.29) is 5.69 Å². The van der Waals surface area contributed by atoms with Crippen LogP contribution in [0.15, 0.2) is 96.0 Å². The molecule has 0 N–H and O–H groups in total. The summed E-state index contributed by atoms with van der Waals surface area (Å²) >= 11 is 0. The van der Waals surface area contributed by atoms with Crippen molar-refractivity contribution in [1.29, 1.82) is 0 Å². The van der Waals surface area contributed by atoms with Crippen molar-refractivity contribution in [2.45, 2.75) is 5.60 Å². The summed E-state index contributed by atoms with van der Waals surface area (Å²) in [5.41, 5.74) is 6.40. The number of nitro benzene ring substituents is 1. The second-order valence-corrected chi connectivity index (χ2v) is 10.5. The molecule has 4 aromatic carbocycles. The Morgan fingerprint density at radius 3 is 1.60 bits per heavy atom. The second kappa shape index (κ2) is 10.4. The van der Waals surface area contributed by atoms with Gasteiger partial charge in [-0.1, -0.05) is 30.3 Å². The van der Waals surface area contributed by atoms with Crippen molar-refractivity contribution in [3.05, 3.63) is 123 Å². The van der Waals surface area contributed by atoms with Crippen molar-refractivity contribution in [1.82, 2.24) is 0 Å². The summed E-state index contributed by atoms with van der Waals surface area (Å²) < 4.78 is 7.00. The first-order valence-corrected chi connectivity index (χ1v) is 13.0. The molecule has 0 radical (unpaired) electrons. The van der Waals surface area contributed by atoms with E-state index >= 15 is 0 Å². The maximum atomic E-state index is 11.3. The Morgan fingerprint density at radius 2 is 1.15 bits per heavy atom. The van der Waals surface area contributed by atoms with Crippen LogP contribution in [0.2, 0.25) is 0 Å². The first-order chi connectivity index (χ1) is 19.1. The molecule has 1 aliphatic heterocycles. The predicted molar refractivity (Wildman–Crippen MR) is 163 cm³/mol. The van der Waals surface area contributed by atoms with Crippen LogP contribution in [-0.4, -0.2) is 53.1 Å². The summed E-state index contributed by atoms with van der Waals surface area (Å²) in [5.74, 6) is 0.395. The molecule has 4 aromatic rings. The summed E-state index contributed by atoms with van der Waals surface area (Å²) in [6.45, 7) is 0. The molecule has 8 heteroatoms. The monoisotopic (exact) mass is 535 g/mol. The maximum absolute atomic E-state index is 11.3. The van der Waals surface area contributed by atoms with Gasteiger partial charge in [-0.25, -0.2) is 4.99 Å². The molecule has 0 saturated heterocycles. The first kappa shape index (κ1) is 26.7. The molecule has 8 nitrogen and oxygen atoms in total. The summed E-state index contributed by atoms with van der Waals surface area (Å²) in [7, 11) is 12.0. The topological polar surface area (TPSA) is 74.4 Å². The molecule has 0 amide bonds. The van der Waals surface area contributed by atoms with Gasteiger partial charge in [0.05, 0.1) is 10.6 Å². The zero-order valence-electron chi connectivity index (χ0n) is 23.6. The molecule has 0 saturated carbocycles. The van der Waals surface area contributed by atoms with Crippen molar-refractivity contribution in [2.75, 3.05) is 57.0 Å². The maximum Gasteiger partial charge on any atom is 0.269 e. The van der Waals surface area contributed by atoms with Crippen LogP contribution in [0.1, 0.15) is 22.3 Å². The van der Waals surface area contributed by atoms with E-state index in [1.54, 1.807) is 12.1 Å². The highest BCUT2D eigenvalue weighted by atomic mass is 16.6. The lowest BCUT2D eigenvalue weighted by Crippen LogP contribution is -2.38. The third-order valence-corrected chi connectivity index (χ3v) is 7.25. The third-order valence-electron chi connectivity index (χ3n) is 7.25. The lowest BCUT2D eigenvalue weighted by atomic mass is 9.78. The Balaban J connectivity index is 1.78. The normalized spacial score (nSPS) is 13.5. The van der Waals surface area contributed by atoms with E-state index < -0.39 is 10.5 Å². The Kier molecular flexibility index (Phi) is 6.94. The van der Waals surface area contributed by atoms with Gasteiger partial charge in [0.1, 0.15) is 0 Å². The average molecular weight is 536 g/mol. The average Bonchev–Trinajstić information content (AvgIpc) is 2.96. The molecule has 0 unspecified atom stereocenters. The van der Waals surface area contributed by atoms with Crippen LogP contribution in [0.25, 0.3) is 0 Å². The molecule has 0 spiro atoms. The van der Waals surface area contributed by atoms with Gasteiger partial charge in [-0.3, -0.25) is 10.1 Å². The number of benzene rings is 4. The Morgan fingerprint density at radius 1 is 0.675 bits per heavy atom. The summed E-state index contributed by atoms with van der Waals surface area (Å²) in [4.78, 5) is 22.0. The lowest BCUT2D eigenvalue weighted by molar-refractivity contribution is -0.384. The van der Waals surface area contributed by atoms with Gasteiger partial charge in [0.15, 0.2) is 5.60 Å². The molecule has 1 aliphatic rings. The fraction of sp³-hybridized carbons (Fsp3) is 0.219. The number of hydrogen-bond acceptors (Lipinski definition) is 7. The number of nitro groups is 1. The van der Waals surface area contributed by atoms with Crippen molar-refractivity contribution in [3.8, 4) is 0 Å². The number of rotatable bonds is 7. The smallest absolute Gasteiger partial charge is 0.269 e. The van der Waals surface area contributed by atoms with Gasteiger partial charge in [-0.15, -0.1) is 0 Å². The van der Waals surface area contributed by atoms with Crippen LogP contribution in [-0.2, 0) is 10.3 Å².